The number of nitrogens with two attached hydrogens (primary N) is 1. The number of benzene rings is 1. The molecule has 0 spiro atoms. The normalized spacial score (nSPS) is 10.4. The molecule has 0 bridgehead atoms. The van der Waals surface area contributed by atoms with E-state index < -0.39 is 5.91 Å². The maximum atomic E-state index is 12.3. The lowest BCUT2D eigenvalue weighted by Crippen LogP contribution is -2.35. The van der Waals surface area contributed by atoms with Crippen LogP contribution in [0.3, 0.4) is 0 Å². The molecule has 2 rings (SSSR count). The van der Waals surface area contributed by atoms with E-state index in [1.54, 1.807) is 4.68 Å². The van der Waals surface area contributed by atoms with E-state index in [4.69, 9.17) is 5.73 Å². The number of hydrogen-bond donors (Lipinski definition) is 1. The summed E-state index contributed by atoms with van der Waals surface area (Å²) in [5.41, 5.74) is 8.32. The van der Waals surface area contributed by atoms with Gasteiger partial charge in [0.1, 0.15) is 0 Å². The molecule has 0 atom stereocenters. The van der Waals surface area contributed by atoms with E-state index in [1.165, 1.54) is 18.1 Å². The quantitative estimate of drug-likeness (QED) is 0.912. The Labute approximate surface area is 123 Å². The molecule has 2 N–H and O–H groups in total. The number of likely N-dealkylation sites (N-methyl/N-ethyl adjacent to an activating group) is 1. The predicted molar refractivity (Wildman–Crippen MR) is 79.2 cm³/mol. The summed E-state index contributed by atoms with van der Waals surface area (Å²) in [6.45, 7) is 3.71. The number of aromatic nitrogens is 2. The van der Waals surface area contributed by atoms with Crippen molar-refractivity contribution in [1.82, 2.24) is 14.7 Å². The molecule has 1 aromatic heterocycles. The van der Waals surface area contributed by atoms with Gasteiger partial charge in [-0.25, -0.2) is 4.68 Å². The molecule has 0 aliphatic rings. The van der Waals surface area contributed by atoms with Crippen molar-refractivity contribution < 1.29 is 9.59 Å². The first-order valence-corrected chi connectivity index (χ1v) is 6.55. The molecule has 1 heterocycles. The highest BCUT2D eigenvalue weighted by Crippen LogP contribution is 2.16. The smallest absolute Gasteiger partial charge is 0.257 e. The van der Waals surface area contributed by atoms with Crippen molar-refractivity contribution in [3.8, 4) is 5.69 Å². The second-order valence-corrected chi connectivity index (χ2v) is 5.02. The molecular weight excluding hydrogens is 268 g/mol. The summed E-state index contributed by atoms with van der Waals surface area (Å²) < 4.78 is 1.70. The summed E-state index contributed by atoms with van der Waals surface area (Å²) >= 11 is 0. The van der Waals surface area contributed by atoms with Gasteiger partial charge in [0.15, 0.2) is 0 Å². The fourth-order valence-electron chi connectivity index (χ4n) is 2.08. The van der Waals surface area contributed by atoms with Crippen molar-refractivity contribution in [3.63, 3.8) is 0 Å². The van der Waals surface area contributed by atoms with E-state index in [-0.39, 0.29) is 12.5 Å². The van der Waals surface area contributed by atoms with Crippen LogP contribution in [0.4, 0.5) is 0 Å². The summed E-state index contributed by atoms with van der Waals surface area (Å²) in [5, 5.41) is 4.25. The molecule has 6 nitrogen and oxygen atoms in total. The second-order valence-electron chi connectivity index (χ2n) is 5.02. The van der Waals surface area contributed by atoms with Gasteiger partial charge in [0, 0.05) is 7.05 Å². The first-order valence-electron chi connectivity index (χ1n) is 6.55. The molecule has 0 unspecified atom stereocenters. The third kappa shape index (κ3) is 3.10. The van der Waals surface area contributed by atoms with Gasteiger partial charge in [-0.15, -0.1) is 0 Å². The van der Waals surface area contributed by atoms with Crippen LogP contribution in [-0.4, -0.2) is 40.1 Å². The molecule has 2 aromatic rings. The number of aryl methyl sites for hydroxylation is 1. The first kappa shape index (κ1) is 14.8. The molecule has 2 amide bonds. The number of carbonyl (C=O) groups excluding carboxylic acids is 2. The fourth-order valence-corrected chi connectivity index (χ4v) is 2.08. The lowest BCUT2D eigenvalue weighted by molar-refractivity contribution is -0.118. The van der Waals surface area contributed by atoms with E-state index in [9.17, 15) is 9.59 Å². The van der Waals surface area contributed by atoms with Crippen LogP contribution in [0.25, 0.3) is 5.69 Å². The summed E-state index contributed by atoms with van der Waals surface area (Å²) in [4.78, 5) is 24.4. The van der Waals surface area contributed by atoms with E-state index in [2.05, 4.69) is 5.10 Å². The van der Waals surface area contributed by atoms with Crippen LogP contribution in [0.15, 0.2) is 30.5 Å². The Hall–Kier alpha value is -2.63. The lowest BCUT2D eigenvalue weighted by Gasteiger charge is -2.14. The van der Waals surface area contributed by atoms with Gasteiger partial charge in [-0.1, -0.05) is 17.7 Å². The van der Waals surface area contributed by atoms with Gasteiger partial charge in [0.05, 0.1) is 29.7 Å². The third-order valence-electron chi connectivity index (χ3n) is 3.26. The van der Waals surface area contributed by atoms with Crippen LogP contribution in [0.2, 0.25) is 0 Å². The van der Waals surface area contributed by atoms with Gasteiger partial charge in [0.2, 0.25) is 5.91 Å². The Morgan fingerprint density at radius 1 is 1.24 bits per heavy atom. The summed E-state index contributed by atoms with van der Waals surface area (Å²) in [6.07, 6.45) is 1.51. The molecule has 0 radical (unpaired) electrons. The maximum Gasteiger partial charge on any atom is 0.257 e. The second kappa shape index (κ2) is 5.78. The van der Waals surface area contributed by atoms with E-state index >= 15 is 0 Å². The topological polar surface area (TPSA) is 81.2 Å². The van der Waals surface area contributed by atoms with Crippen molar-refractivity contribution >= 4 is 11.8 Å². The summed E-state index contributed by atoms with van der Waals surface area (Å²) in [7, 11) is 1.54. The third-order valence-corrected chi connectivity index (χ3v) is 3.26. The average molecular weight is 286 g/mol. The largest absolute Gasteiger partial charge is 0.368 e. The molecule has 110 valence electrons. The Kier molecular flexibility index (Phi) is 4.07. The van der Waals surface area contributed by atoms with Gasteiger partial charge in [-0.3, -0.25) is 9.59 Å². The van der Waals surface area contributed by atoms with Gasteiger partial charge < -0.3 is 10.6 Å². The molecule has 0 saturated carbocycles. The molecule has 6 heteroatoms. The van der Waals surface area contributed by atoms with Gasteiger partial charge in [-0.05, 0) is 26.0 Å². The van der Waals surface area contributed by atoms with Crippen molar-refractivity contribution in [3.05, 3.63) is 47.3 Å². The Morgan fingerprint density at radius 3 is 2.43 bits per heavy atom. The number of rotatable bonds is 4. The zero-order valence-corrected chi connectivity index (χ0v) is 12.3. The number of primary amides is 1. The molecule has 0 aliphatic heterocycles. The first-order chi connectivity index (χ1) is 9.90. The van der Waals surface area contributed by atoms with Crippen molar-refractivity contribution in [2.45, 2.75) is 13.8 Å². The highest BCUT2D eigenvalue weighted by Gasteiger charge is 2.19. The Balaban J connectivity index is 2.30. The molecule has 1 aromatic carbocycles. The molecule has 21 heavy (non-hydrogen) atoms. The number of hydrogen-bond acceptors (Lipinski definition) is 3. The van der Waals surface area contributed by atoms with Crippen LogP contribution in [0, 0.1) is 13.8 Å². The number of carbonyl (C=O) groups is 2. The van der Waals surface area contributed by atoms with Crippen LogP contribution in [0.1, 0.15) is 21.6 Å². The molecule has 0 aliphatic carbocycles. The highest BCUT2D eigenvalue weighted by molar-refractivity contribution is 5.97. The average Bonchev–Trinajstić information content (AvgIpc) is 2.80. The van der Waals surface area contributed by atoms with E-state index in [0.29, 0.717) is 5.56 Å². The van der Waals surface area contributed by atoms with Crippen LogP contribution < -0.4 is 5.73 Å². The van der Waals surface area contributed by atoms with Crippen LogP contribution in [0.5, 0.6) is 0 Å². The Bertz CT molecular complexity index is 673. The minimum absolute atomic E-state index is 0.117. The van der Waals surface area contributed by atoms with E-state index in [0.717, 1.165) is 16.9 Å². The number of amides is 2. The van der Waals surface area contributed by atoms with Gasteiger partial charge in [-0.2, -0.15) is 5.10 Å². The summed E-state index contributed by atoms with van der Waals surface area (Å²) in [6, 6.07) is 7.85. The SMILES string of the molecule is Cc1ccc(-n2ncc(C(=O)N(C)CC(N)=O)c2C)cc1. The lowest BCUT2D eigenvalue weighted by atomic mass is 10.2. The van der Waals surface area contributed by atoms with Gasteiger partial charge >= 0.3 is 0 Å². The van der Waals surface area contributed by atoms with E-state index in [1.807, 2.05) is 38.1 Å². The minimum Gasteiger partial charge on any atom is -0.368 e. The maximum absolute atomic E-state index is 12.3. The number of nitrogens with zero attached hydrogens (tertiary/aromatic N) is 3. The molecule has 0 saturated heterocycles. The van der Waals surface area contributed by atoms with Crippen molar-refractivity contribution in [1.29, 1.82) is 0 Å². The molecule has 0 fully saturated rings. The standard InChI is InChI=1S/C15H18N4O2/c1-10-4-6-12(7-5-10)19-11(2)13(8-17-19)15(21)18(3)9-14(16)20/h4-8H,9H2,1-3H3,(H2,16,20). The summed E-state index contributed by atoms with van der Waals surface area (Å²) in [5.74, 6) is -0.820. The predicted octanol–water partition coefficient (Wildman–Crippen LogP) is 1.05. The Morgan fingerprint density at radius 2 is 1.86 bits per heavy atom. The zero-order chi connectivity index (χ0) is 15.6. The zero-order valence-electron chi connectivity index (χ0n) is 12.3. The van der Waals surface area contributed by atoms with Gasteiger partial charge in [0.25, 0.3) is 5.91 Å². The van der Waals surface area contributed by atoms with Crippen LogP contribution in [-0.2, 0) is 4.79 Å². The van der Waals surface area contributed by atoms with Crippen molar-refractivity contribution in [2.24, 2.45) is 5.73 Å². The minimum atomic E-state index is -0.547. The molecular formula is C15H18N4O2. The fraction of sp³-hybridized carbons (Fsp3) is 0.267. The monoisotopic (exact) mass is 286 g/mol. The van der Waals surface area contributed by atoms with Crippen molar-refractivity contribution in [2.75, 3.05) is 13.6 Å². The highest BCUT2D eigenvalue weighted by atomic mass is 16.2. The van der Waals surface area contributed by atoms with Crippen LogP contribution >= 0.6 is 0 Å².